The zero-order valence-corrected chi connectivity index (χ0v) is 19.7. The zero-order chi connectivity index (χ0) is 20.5. The van der Waals surface area contributed by atoms with E-state index >= 15 is 0 Å². The summed E-state index contributed by atoms with van der Waals surface area (Å²) in [6, 6.07) is 9.52. The molecule has 3 rings (SSSR count). The molecule has 0 radical (unpaired) electrons. The number of para-hydroxylation sites is 1. The van der Waals surface area contributed by atoms with Crippen LogP contribution >= 0.6 is 13.5 Å². The summed E-state index contributed by atoms with van der Waals surface area (Å²) in [4.78, 5) is 23.4. The molecule has 162 valence electrons. The Kier molecular flexibility index (Phi) is 11.4. The smallest absolute Gasteiger partial charge is 0.166 e. The molecule has 6 heteroatoms. The molecule has 0 bridgehead atoms. The molecule has 0 unspecified atom stereocenters. The van der Waals surface area contributed by atoms with E-state index in [4.69, 9.17) is 0 Å². The zero-order valence-electron chi connectivity index (χ0n) is 18.7. The second-order valence-corrected chi connectivity index (χ2v) is 8.20. The van der Waals surface area contributed by atoms with Crippen LogP contribution in [0.1, 0.15) is 30.6 Å². The van der Waals surface area contributed by atoms with Gasteiger partial charge in [-0.3, -0.25) is 9.78 Å². The molecule has 0 aliphatic carbocycles. The molecule has 0 saturated carbocycles. The lowest BCUT2D eigenvalue weighted by Gasteiger charge is -2.32. The van der Waals surface area contributed by atoms with Gasteiger partial charge >= 0.3 is 0 Å². The van der Waals surface area contributed by atoms with Crippen LogP contribution in [0.2, 0.25) is 0 Å². The predicted molar refractivity (Wildman–Crippen MR) is 128 cm³/mol. The highest BCUT2D eigenvalue weighted by Gasteiger charge is 2.13. The van der Waals surface area contributed by atoms with Crippen molar-refractivity contribution in [2.24, 2.45) is 5.92 Å². The van der Waals surface area contributed by atoms with Gasteiger partial charge in [0.1, 0.15) is 0 Å². The van der Waals surface area contributed by atoms with Crippen LogP contribution in [0.4, 0.5) is 0 Å². The molecule has 1 aromatic carbocycles. The number of pyridine rings is 1. The van der Waals surface area contributed by atoms with E-state index in [2.05, 4.69) is 40.8 Å². The number of carbonyl (C=O) groups excluding carboxylic acids is 1. The van der Waals surface area contributed by atoms with Gasteiger partial charge in [0, 0.05) is 49.2 Å². The summed E-state index contributed by atoms with van der Waals surface area (Å²) in [5.41, 5.74) is 1.65. The molecule has 1 saturated heterocycles. The maximum atomic E-state index is 11.9. The van der Waals surface area contributed by atoms with Crippen molar-refractivity contribution in [1.29, 1.82) is 0 Å². The maximum absolute atomic E-state index is 11.9. The van der Waals surface area contributed by atoms with Crippen molar-refractivity contribution < 1.29 is 4.79 Å². The molecule has 0 amide bonds. The lowest BCUT2D eigenvalue weighted by atomic mass is 9.98. The van der Waals surface area contributed by atoms with Gasteiger partial charge in [0.05, 0.1) is 5.52 Å². The Labute approximate surface area is 183 Å². The fourth-order valence-electron chi connectivity index (χ4n) is 3.30. The molecule has 2 heterocycles. The molecule has 0 atom stereocenters. The van der Waals surface area contributed by atoms with E-state index in [0.29, 0.717) is 0 Å². The third-order valence-corrected chi connectivity index (χ3v) is 5.11. The minimum Gasteiger partial charge on any atom is -0.309 e. The number of rotatable bonds is 6. The molecule has 2 aromatic rings. The summed E-state index contributed by atoms with van der Waals surface area (Å²) in [5.74, 6) is 0.199. The standard InChI is InChI=1S/C13H13NO.C10H23N3.H2S/c1-9(2)13(15)11-7-8-14-12-6-4-3-5-10(11)12;1-11(2)5-4-6-13-9-7-12(3)8-10-13;/h3-9H,1-2H3;4-10H2,1-3H3;1H2. The quantitative estimate of drug-likeness (QED) is 0.673. The average Bonchev–Trinajstić information content (AvgIpc) is 2.68. The average molecular weight is 419 g/mol. The maximum Gasteiger partial charge on any atom is 0.166 e. The number of piperazine rings is 1. The Balaban J connectivity index is 0.000000284. The third-order valence-electron chi connectivity index (χ3n) is 5.11. The highest BCUT2D eigenvalue weighted by Crippen LogP contribution is 2.19. The Morgan fingerprint density at radius 1 is 1.10 bits per heavy atom. The first-order chi connectivity index (χ1) is 13.4. The number of Topliss-reactive ketones (excluding diaryl/α,β-unsaturated/α-hetero) is 1. The molecule has 0 N–H and O–H groups in total. The molecule has 0 spiro atoms. The Bertz CT molecular complexity index is 737. The number of aromatic nitrogens is 1. The van der Waals surface area contributed by atoms with E-state index in [1.807, 2.05) is 38.1 Å². The number of hydrogen-bond donors (Lipinski definition) is 0. The number of carbonyl (C=O) groups is 1. The van der Waals surface area contributed by atoms with E-state index in [9.17, 15) is 4.79 Å². The van der Waals surface area contributed by atoms with E-state index in [0.717, 1.165) is 16.5 Å². The van der Waals surface area contributed by atoms with Gasteiger partial charge in [-0.15, -0.1) is 0 Å². The topological polar surface area (TPSA) is 39.7 Å². The minimum absolute atomic E-state index is 0. The van der Waals surface area contributed by atoms with Gasteiger partial charge in [-0.2, -0.15) is 13.5 Å². The van der Waals surface area contributed by atoms with Gasteiger partial charge in [0.2, 0.25) is 0 Å². The van der Waals surface area contributed by atoms with Crippen LogP contribution in [0, 0.1) is 5.92 Å². The van der Waals surface area contributed by atoms with Crippen molar-refractivity contribution in [3.63, 3.8) is 0 Å². The molecular formula is C23H38N4OS. The van der Waals surface area contributed by atoms with Crippen molar-refractivity contribution in [1.82, 2.24) is 19.7 Å². The van der Waals surface area contributed by atoms with E-state index in [-0.39, 0.29) is 25.2 Å². The van der Waals surface area contributed by atoms with Gasteiger partial charge in [-0.25, -0.2) is 0 Å². The summed E-state index contributed by atoms with van der Waals surface area (Å²) in [5, 5.41) is 0.943. The lowest BCUT2D eigenvalue weighted by Crippen LogP contribution is -2.45. The highest BCUT2D eigenvalue weighted by molar-refractivity contribution is 7.59. The molecule has 1 aliphatic rings. The molecule has 5 nitrogen and oxygen atoms in total. The Morgan fingerprint density at radius 3 is 2.38 bits per heavy atom. The van der Waals surface area contributed by atoms with Crippen LogP contribution in [0.15, 0.2) is 36.5 Å². The predicted octanol–water partition coefficient (Wildman–Crippen LogP) is 3.37. The van der Waals surface area contributed by atoms with Crippen molar-refractivity contribution in [2.45, 2.75) is 20.3 Å². The summed E-state index contributed by atoms with van der Waals surface area (Å²) in [6.07, 6.45) is 2.99. The minimum atomic E-state index is 0. The highest BCUT2D eigenvalue weighted by atomic mass is 32.1. The Hall–Kier alpha value is -1.47. The van der Waals surface area contributed by atoms with Crippen LogP contribution in [0.5, 0.6) is 0 Å². The number of fused-ring (bicyclic) bond motifs is 1. The monoisotopic (exact) mass is 418 g/mol. The number of nitrogens with zero attached hydrogens (tertiary/aromatic N) is 4. The van der Waals surface area contributed by atoms with Gasteiger partial charge in [0.15, 0.2) is 5.78 Å². The number of likely N-dealkylation sites (N-methyl/N-ethyl adjacent to an activating group) is 1. The molecule has 1 fully saturated rings. The first-order valence-corrected chi connectivity index (χ1v) is 10.3. The van der Waals surface area contributed by atoms with Crippen LogP contribution < -0.4 is 0 Å². The first kappa shape index (κ1) is 25.6. The lowest BCUT2D eigenvalue weighted by molar-refractivity contribution is 0.0941. The number of hydrogen-bond acceptors (Lipinski definition) is 5. The summed E-state index contributed by atoms with van der Waals surface area (Å²) < 4.78 is 0. The van der Waals surface area contributed by atoms with Crippen molar-refractivity contribution in [2.75, 3.05) is 60.4 Å². The van der Waals surface area contributed by atoms with Crippen LogP contribution in [-0.2, 0) is 0 Å². The molecule has 1 aliphatic heterocycles. The summed E-state index contributed by atoms with van der Waals surface area (Å²) in [7, 11) is 6.49. The molecular weight excluding hydrogens is 380 g/mol. The van der Waals surface area contributed by atoms with Crippen LogP contribution in [0.3, 0.4) is 0 Å². The largest absolute Gasteiger partial charge is 0.309 e. The fraction of sp³-hybridized carbons (Fsp3) is 0.565. The van der Waals surface area contributed by atoms with Crippen LogP contribution in [-0.4, -0.2) is 85.9 Å². The van der Waals surface area contributed by atoms with Crippen molar-refractivity contribution in [3.8, 4) is 0 Å². The second kappa shape index (κ2) is 13.0. The Morgan fingerprint density at radius 2 is 1.76 bits per heavy atom. The summed E-state index contributed by atoms with van der Waals surface area (Å²) in [6.45, 7) is 11.3. The number of benzene rings is 1. The van der Waals surface area contributed by atoms with E-state index in [1.165, 1.54) is 45.7 Å². The van der Waals surface area contributed by atoms with Crippen molar-refractivity contribution >= 4 is 30.2 Å². The van der Waals surface area contributed by atoms with Gasteiger partial charge in [-0.1, -0.05) is 32.0 Å². The third kappa shape index (κ3) is 8.42. The van der Waals surface area contributed by atoms with E-state index in [1.54, 1.807) is 12.3 Å². The summed E-state index contributed by atoms with van der Waals surface area (Å²) >= 11 is 0. The molecule has 29 heavy (non-hydrogen) atoms. The number of ketones is 1. The fourth-order valence-corrected chi connectivity index (χ4v) is 3.30. The first-order valence-electron chi connectivity index (χ1n) is 10.3. The molecule has 1 aromatic heterocycles. The SMILES string of the molecule is CC(C)C(=O)c1ccnc2ccccc12.CN(C)CCCN1CCN(C)CC1.S. The van der Waals surface area contributed by atoms with Gasteiger partial charge in [-0.05, 0) is 52.8 Å². The van der Waals surface area contributed by atoms with Gasteiger partial charge < -0.3 is 14.7 Å². The van der Waals surface area contributed by atoms with E-state index < -0.39 is 0 Å². The van der Waals surface area contributed by atoms with Crippen LogP contribution in [0.25, 0.3) is 10.9 Å². The normalized spacial score (nSPS) is 15.1. The van der Waals surface area contributed by atoms with Crippen molar-refractivity contribution in [3.05, 3.63) is 42.1 Å². The van der Waals surface area contributed by atoms with Gasteiger partial charge in [0.25, 0.3) is 0 Å². The second-order valence-electron chi connectivity index (χ2n) is 8.20.